The van der Waals surface area contributed by atoms with Crippen molar-refractivity contribution in [3.63, 3.8) is 0 Å². The van der Waals surface area contributed by atoms with Crippen LogP contribution in [0.2, 0.25) is 0 Å². The summed E-state index contributed by atoms with van der Waals surface area (Å²) in [5, 5.41) is 9.17. The van der Waals surface area contributed by atoms with E-state index >= 15 is 0 Å². The minimum Gasteiger partial charge on any atom is -0.345 e. The number of aryl methyl sites for hydroxylation is 1. The third-order valence-corrected chi connectivity index (χ3v) is 4.58. The standard InChI is InChI=1S/C19H29N3O2/c1-12-8-7-9-15(13(12)2)21-17(24)16(23)20-14-10-18(3,4)22-19(5,6)11-14/h7-9,14,22H,10-11H2,1-6H3,(H,20,23)(H,21,24). The van der Waals surface area contributed by atoms with Crippen molar-refractivity contribution in [1.82, 2.24) is 10.6 Å². The van der Waals surface area contributed by atoms with Crippen LogP contribution in [0.1, 0.15) is 51.7 Å². The molecule has 0 unspecified atom stereocenters. The summed E-state index contributed by atoms with van der Waals surface area (Å²) in [4.78, 5) is 24.5. The number of hydrogen-bond donors (Lipinski definition) is 3. The molecule has 0 saturated carbocycles. The molecule has 1 aromatic rings. The fraction of sp³-hybridized carbons (Fsp3) is 0.579. The minimum atomic E-state index is -0.613. The van der Waals surface area contributed by atoms with Gasteiger partial charge in [0.25, 0.3) is 0 Å². The highest BCUT2D eigenvalue weighted by molar-refractivity contribution is 6.39. The summed E-state index contributed by atoms with van der Waals surface area (Å²) in [7, 11) is 0. The van der Waals surface area contributed by atoms with Gasteiger partial charge in [-0.05, 0) is 71.6 Å². The largest absolute Gasteiger partial charge is 0.345 e. The van der Waals surface area contributed by atoms with Crippen LogP contribution in [0.15, 0.2) is 18.2 Å². The maximum absolute atomic E-state index is 12.3. The van der Waals surface area contributed by atoms with E-state index in [1.807, 2.05) is 32.0 Å². The van der Waals surface area contributed by atoms with Crippen molar-refractivity contribution in [3.05, 3.63) is 29.3 Å². The predicted octanol–water partition coefficient (Wildman–Crippen LogP) is 2.67. The molecule has 1 aliphatic heterocycles. The van der Waals surface area contributed by atoms with Crippen molar-refractivity contribution in [1.29, 1.82) is 0 Å². The molecule has 0 aromatic heterocycles. The molecule has 1 fully saturated rings. The SMILES string of the molecule is Cc1cccc(NC(=O)C(=O)NC2CC(C)(C)NC(C)(C)C2)c1C. The highest BCUT2D eigenvalue weighted by atomic mass is 16.2. The van der Waals surface area contributed by atoms with Crippen molar-refractivity contribution in [2.75, 3.05) is 5.32 Å². The zero-order chi connectivity index (χ0) is 18.1. The van der Waals surface area contributed by atoms with E-state index in [1.165, 1.54) is 0 Å². The second-order valence-electron chi connectivity index (χ2n) is 8.17. The monoisotopic (exact) mass is 331 g/mol. The summed E-state index contributed by atoms with van der Waals surface area (Å²) in [6, 6.07) is 5.63. The lowest BCUT2D eigenvalue weighted by molar-refractivity contribution is -0.137. The summed E-state index contributed by atoms with van der Waals surface area (Å²) >= 11 is 0. The maximum Gasteiger partial charge on any atom is 0.313 e. The van der Waals surface area contributed by atoms with Gasteiger partial charge >= 0.3 is 11.8 Å². The van der Waals surface area contributed by atoms with E-state index in [-0.39, 0.29) is 17.1 Å². The molecule has 0 spiro atoms. The molecule has 24 heavy (non-hydrogen) atoms. The number of hydrogen-bond acceptors (Lipinski definition) is 3. The van der Waals surface area contributed by atoms with Gasteiger partial charge < -0.3 is 16.0 Å². The van der Waals surface area contributed by atoms with Gasteiger partial charge in [-0.1, -0.05) is 12.1 Å². The summed E-state index contributed by atoms with van der Waals surface area (Å²) in [5.41, 5.74) is 2.58. The number of piperidine rings is 1. The van der Waals surface area contributed by atoms with Crippen molar-refractivity contribution < 1.29 is 9.59 Å². The molecule has 1 heterocycles. The van der Waals surface area contributed by atoms with Gasteiger partial charge in [-0.2, -0.15) is 0 Å². The summed E-state index contributed by atoms with van der Waals surface area (Å²) in [6.45, 7) is 12.4. The third-order valence-electron chi connectivity index (χ3n) is 4.58. The number of amides is 2. The van der Waals surface area contributed by atoms with Gasteiger partial charge in [-0.25, -0.2) is 0 Å². The van der Waals surface area contributed by atoms with Gasteiger partial charge in [-0.3, -0.25) is 9.59 Å². The highest BCUT2D eigenvalue weighted by Gasteiger charge is 2.38. The van der Waals surface area contributed by atoms with Crippen LogP contribution in [0.5, 0.6) is 0 Å². The van der Waals surface area contributed by atoms with Crippen molar-refractivity contribution >= 4 is 17.5 Å². The van der Waals surface area contributed by atoms with E-state index in [9.17, 15) is 9.59 Å². The number of rotatable bonds is 2. The van der Waals surface area contributed by atoms with Crippen LogP contribution in [0.25, 0.3) is 0 Å². The highest BCUT2D eigenvalue weighted by Crippen LogP contribution is 2.28. The normalized spacial score (nSPS) is 19.6. The molecule has 1 aromatic carbocycles. The molecule has 0 bridgehead atoms. The van der Waals surface area contributed by atoms with Gasteiger partial charge in [0, 0.05) is 22.8 Å². The predicted molar refractivity (Wildman–Crippen MR) is 97.0 cm³/mol. The summed E-state index contributed by atoms with van der Waals surface area (Å²) in [5.74, 6) is -1.19. The van der Waals surface area contributed by atoms with E-state index in [2.05, 4.69) is 43.6 Å². The molecule has 0 radical (unpaired) electrons. The third kappa shape index (κ3) is 4.57. The first kappa shape index (κ1) is 18.5. The maximum atomic E-state index is 12.3. The molecular weight excluding hydrogens is 302 g/mol. The molecule has 2 amide bonds. The number of carbonyl (C=O) groups excluding carboxylic acids is 2. The fourth-order valence-electron chi connectivity index (χ4n) is 3.74. The smallest absolute Gasteiger partial charge is 0.313 e. The van der Waals surface area contributed by atoms with Gasteiger partial charge in [-0.15, -0.1) is 0 Å². The average molecular weight is 331 g/mol. The molecular formula is C19H29N3O2. The lowest BCUT2D eigenvalue weighted by Crippen LogP contribution is -2.62. The molecule has 2 rings (SSSR count). The van der Waals surface area contributed by atoms with E-state index in [4.69, 9.17) is 0 Å². The number of carbonyl (C=O) groups is 2. The quantitative estimate of drug-likeness (QED) is 0.730. The van der Waals surface area contributed by atoms with Crippen molar-refractivity contribution in [2.45, 2.75) is 71.5 Å². The summed E-state index contributed by atoms with van der Waals surface area (Å²) < 4.78 is 0. The Kier molecular flexibility index (Phi) is 5.04. The number of nitrogens with one attached hydrogen (secondary N) is 3. The molecule has 132 valence electrons. The number of anilines is 1. The number of benzene rings is 1. The van der Waals surface area contributed by atoms with Crippen molar-refractivity contribution in [3.8, 4) is 0 Å². The minimum absolute atomic E-state index is 0.0203. The molecule has 1 aliphatic rings. The lowest BCUT2D eigenvalue weighted by Gasteiger charge is -2.46. The van der Waals surface area contributed by atoms with Crippen LogP contribution in [-0.2, 0) is 9.59 Å². The zero-order valence-electron chi connectivity index (χ0n) is 15.5. The first-order valence-electron chi connectivity index (χ1n) is 8.46. The molecule has 0 atom stereocenters. The van der Waals surface area contributed by atoms with Crippen molar-refractivity contribution in [2.24, 2.45) is 0 Å². The first-order valence-corrected chi connectivity index (χ1v) is 8.46. The zero-order valence-corrected chi connectivity index (χ0v) is 15.5. The van der Waals surface area contributed by atoms with Crippen LogP contribution >= 0.6 is 0 Å². The second kappa shape index (κ2) is 6.55. The van der Waals surface area contributed by atoms with E-state index in [0.29, 0.717) is 5.69 Å². The summed E-state index contributed by atoms with van der Waals surface area (Å²) in [6.07, 6.45) is 1.58. The Hall–Kier alpha value is -1.88. The Labute approximate surface area is 144 Å². The fourth-order valence-corrected chi connectivity index (χ4v) is 3.74. The van der Waals surface area contributed by atoms with E-state index in [0.717, 1.165) is 24.0 Å². The van der Waals surface area contributed by atoms with Gasteiger partial charge in [0.05, 0.1) is 0 Å². The molecule has 1 saturated heterocycles. The van der Waals surface area contributed by atoms with Gasteiger partial charge in [0.1, 0.15) is 0 Å². The Morgan fingerprint density at radius 1 is 1.04 bits per heavy atom. The van der Waals surface area contributed by atoms with Crippen LogP contribution in [-0.4, -0.2) is 28.9 Å². The Morgan fingerprint density at radius 2 is 1.62 bits per heavy atom. The van der Waals surface area contributed by atoms with Crippen LogP contribution < -0.4 is 16.0 Å². The van der Waals surface area contributed by atoms with Gasteiger partial charge in [0.2, 0.25) is 0 Å². The van der Waals surface area contributed by atoms with Crippen LogP contribution in [0.4, 0.5) is 5.69 Å². The van der Waals surface area contributed by atoms with Crippen LogP contribution in [0, 0.1) is 13.8 Å². The molecule has 3 N–H and O–H groups in total. The van der Waals surface area contributed by atoms with Gasteiger partial charge in [0.15, 0.2) is 0 Å². The molecule has 0 aliphatic carbocycles. The van der Waals surface area contributed by atoms with E-state index < -0.39 is 11.8 Å². The molecule has 5 heteroatoms. The first-order chi connectivity index (χ1) is 11.0. The topological polar surface area (TPSA) is 70.2 Å². The molecule has 5 nitrogen and oxygen atoms in total. The average Bonchev–Trinajstić information content (AvgIpc) is 2.40. The Morgan fingerprint density at radius 3 is 2.21 bits per heavy atom. The second-order valence-corrected chi connectivity index (χ2v) is 8.17. The van der Waals surface area contributed by atoms with E-state index in [1.54, 1.807) is 0 Å². The Balaban J connectivity index is 2.01. The Bertz CT molecular complexity index is 634. The van der Waals surface area contributed by atoms with Crippen LogP contribution in [0.3, 0.4) is 0 Å². The lowest BCUT2D eigenvalue weighted by atomic mass is 9.79.